The van der Waals surface area contributed by atoms with Gasteiger partial charge in [0.15, 0.2) is 11.0 Å². The summed E-state index contributed by atoms with van der Waals surface area (Å²) in [6, 6.07) is 17.6. The zero-order chi connectivity index (χ0) is 23.3. The lowest BCUT2D eigenvalue weighted by atomic mass is 10.0. The van der Waals surface area contributed by atoms with E-state index in [1.807, 2.05) is 96.1 Å². The topological polar surface area (TPSA) is 51.2 Å². The van der Waals surface area contributed by atoms with Crippen LogP contribution in [0.2, 0.25) is 0 Å². The van der Waals surface area contributed by atoms with Gasteiger partial charge < -0.3 is 0 Å². The molecule has 0 N–H and O–H groups in total. The van der Waals surface area contributed by atoms with Crippen molar-refractivity contribution in [2.45, 2.75) is 41.5 Å². The molecule has 0 bridgehead atoms. The van der Waals surface area contributed by atoms with Crippen LogP contribution in [0.5, 0.6) is 0 Å². The Balaban J connectivity index is 0.00000166. The highest BCUT2D eigenvalue weighted by Crippen LogP contribution is 2.45. The highest BCUT2D eigenvalue weighted by molar-refractivity contribution is 7.96. The monoisotopic (exact) mass is 451 g/mol. The third-order valence-corrected chi connectivity index (χ3v) is 7.28. The van der Waals surface area contributed by atoms with Gasteiger partial charge in [-0.15, -0.1) is 0 Å². The van der Waals surface area contributed by atoms with Crippen LogP contribution < -0.4 is 5.30 Å². The summed E-state index contributed by atoms with van der Waals surface area (Å²) in [5.41, 5.74) is 7.21. The fraction of sp³-hybridized carbons (Fsp3) is 0.231. The molecule has 0 aliphatic carbocycles. The zero-order valence-electron chi connectivity index (χ0n) is 18.9. The molecular formula is C26H29O3P2+. The van der Waals surface area contributed by atoms with Gasteiger partial charge in [-0.1, -0.05) is 70.3 Å². The summed E-state index contributed by atoms with van der Waals surface area (Å²) >= 11 is 0. The Kier molecular flexibility index (Phi) is 8.57. The van der Waals surface area contributed by atoms with Crippen molar-refractivity contribution >= 4 is 33.4 Å². The molecule has 1 unspecified atom stereocenters. The van der Waals surface area contributed by atoms with Gasteiger partial charge in [0.25, 0.3) is 0 Å². The molecule has 0 aliphatic heterocycles. The van der Waals surface area contributed by atoms with E-state index in [9.17, 15) is 9.59 Å². The fourth-order valence-electron chi connectivity index (χ4n) is 4.16. The third-order valence-electron chi connectivity index (χ3n) is 5.20. The van der Waals surface area contributed by atoms with Gasteiger partial charge in [0, 0.05) is 11.1 Å². The maximum atomic E-state index is 13.8. The SMILES string of the molecule is Cc1cc(C)c(C(=O)P(C(=O)c2c(C)cc(C)cc2C)c2ccccc2)c(C)c1.O=[PH2+]. The van der Waals surface area contributed by atoms with Crippen LogP contribution in [-0.4, -0.2) is 11.0 Å². The average molecular weight is 451 g/mol. The van der Waals surface area contributed by atoms with Gasteiger partial charge in [-0.25, -0.2) is 0 Å². The smallest absolute Gasteiger partial charge is 0.288 e. The lowest BCUT2D eigenvalue weighted by Crippen LogP contribution is -2.19. The minimum Gasteiger partial charge on any atom is -0.288 e. The van der Waals surface area contributed by atoms with Gasteiger partial charge in [-0.3, -0.25) is 9.59 Å². The quantitative estimate of drug-likeness (QED) is 0.414. The molecule has 0 amide bonds. The van der Waals surface area contributed by atoms with E-state index in [0.717, 1.165) is 38.7 Å². The van der Waals surface area contributed by atoms with Crippen molar-refractivity contribution in [1.29, 1.82) is 0 Å². The summed E-state index contributed by atoms with van der Waals surface area (Å²) in [5, 5.41) is 0.802. The molecule has 3 rings (SSSR count). The lowest BCUT2D eigenvalue weighted by Gasteiger charge is -2.21. The first-order valence-electron chi connectivity index (χ1n) is 10.0. The van der Waals surface area contributed by atoms with Crippen LogP contribution in [0.3, 0.4) is 0 Å². The minimum absolute atomic E-state index is 0.0643. The lowest BCUT2D eigenvalue weighted by molar-refractivity contribution is 0.105. The Morgan fingerprint density at radius 2 is 0.935 bits per heavy atom. The first kappa shape index (κ1) is 24.8. The van der Waals surface area contributed by atoms with E-state index < -0.39 is 7.92 Å². The van der Waals surface area contributed by atoms with Crippen LogP contribution in [0.25, 0.3) is 0 Å². The number of carbonyl (C=O) groups excluding carboxylic acids is 2. The molecule has 0 spiro atoms. The Morgan fingerprint density at radius 1 is 0.613 bits per heavy atom. The standard InChI is InChI=1S/C26H27O2P.H2OP/c1-16-12-18(3)23(19(4)13-16)25(27)29(22-10-8-7-9-11-22)26(28)24-20(5)14-17(2)15-21(24)6;1-2/h7-15H,1-6H3;2H2/q;+1. The summed E-state index contributed by atoms with van der Waals surface area (Å²) in [4.78, 5) is 27.6. The zero-order valence-corrected chi connectivity index (χ0v) is 21.0. The van der Waals surface area contributed by atoms with Gasteiger partial charge in [0.05, 0.1) is 7.92 Å². The first-order valence-corrected chi connectivity index (χ1v) is 11.8. The predicted molar refractivity (Wildman–Crippen MR) is 133 cm³/mol. The predicted octanol–water partition coefficient (Wildman–Crippen LogP) is 6.53. The Bertz CT molecular complexity index is 1010. The van der Waals surface area contributed by atoms with E-state index in [4.69, 9.17) is 4.57 Å². The second-order valence-corrected chi connectivity index (χ2v) is 9.83. The molecule has 3 nitrogen and oxygen atoms in total. The molecule has 0 radical (unpaired) electrons. The second-order valence-electron chi connectivity index (χ2n) is 7.83. The van der Waals surface area contributed by atoms with E-state index in [0.29, 0.717) is 11.1 Å². The van der Waals surface area contributed by atoms with Crippen LogP contribution in [0.15, 0.2) is 54.6 Å². The molecule has 160 valence electrons. The largest absolute Gasteiger partial charge is 0.310 e. The number of aryl methyl sites for hydroxylation is 6. The van der Waals surface area contributed by atoms with Crippen LogP contribution >= 0.6 is 17.0 Å². The van der Waals surface area contributed by atoms with E-state index in [1.165, 1.54) is 9.12 Å². The van der Waals surface area contributed by atoms with Crippen molar-refractivity contribution in [2.75, 3.05) is 0 Å². The molecular weight excluding hydrogens is 422 g/mol. The van der Waals surface area contributed by atoms with Crippen LogP contribution in [0.1, 0.15) is 54.1 Å². The molecule has 0 saturated carbocycles. The molecule has 31 heavy (non-hydrogen) atoms. The molecule has 3 aromatic carbocycles. The van der Waals surface area contributed by atoms with Crippen molar-refractivity contribution in [3.8, 4) is 0 Å². The third kappa shape index (κ3) is 5.42. The van der Waals surface area contributed by atoms with Crippen molar-refractivity contribution < 1.29 is 14.2 Å². The number of benzene rings is 3. The molecule has 3 aromatic rings. The van der Waals surface area contributed by atoms with E-state index in [1.54, 1.807) is 0 Å². The molecule has 0 heterocycles. The van der Waals surface area contributed by atoms with Gasteiger partial charge >= 0.3 is 9.12 Å². The van der Waals surface area contributed by atoms with E-state index in [-0.39, 0.29) is 11.0 Å². The summed E-state index contributed by atoms with van der Waals surface area (Å²) in [6.07, 6.45) is 0. The number of rotatable bonds is 5. The summed E-state index contributed by atoms with van der Waals surface area (Å²) in [5.74, 6) is 0. The number of hydrogen-bond acceptors (Lipinski definition) is 3. The molecule has 0 fully saturated rings. The normalized spacial score (nSPS) is 10.4. The highest BCUT2D eigenvalue weighted by atomic mass is 31.1. The van der Waals surface area contributed by atoms with Gasteiger partial charge in [0.1, 0.15) is 0 Å². The van der Waals surface area contributed by atoms with Gasteiger partial charge in [-0.2, -0.15) is 0 Å². The van der Waals surface area contributed by atoms with Gasteiger partial charge in [0.2, 0.25) is 0 Å². The van der Waals surface area contributed by atoms with E-state index >= 15 is 0 Å². The molecule has 5 heteroatoms. The fourth-order valence-corrected chi connectivity index (χ4v) is 6.44. The molecule has 1 atom stereocenters. The second kappa shape index (κ2) is 10.7. The Hall–Kier alpha value is -2.47. The molecule has 0 aliphatic rings. The van der Waals surface area contributed by atoms with E-state index in [2.05, 4.69) is 0 Å². The summed E-state index contributed by atoms with van der Waals surface area (Å²) < 4.78 is 8.17. The Morgan fingerprint density at radius 3 is 1.26 bits per heavy atom. The summed E-state index contributed by atoms with van der Waals surface area (Å²) in [6.45, 7) is 11.9. The molecule has 0 aromatic heterocycles. The van der Waals surface area contributed by atoms with Crippen molar-refractivity contribution in [2.24, 2.45) is 0 Å². The number of carbonyl (C=O) groups is 2. The number of hydrogen-bond donors (Lipinski definition) is 0. The van der Waals surface area contributed by atoms with Crippen LogP contribution in [0.4, 0.5) is 0 Å². The average Bonchev–Trinajstić information content (AvgIpc) is 2.69. The van der Waals surface area contributed by atoms with Crippen LogP contribution in [-0.2, 0) is 4.57 Å². The molecule has 0 saturated heterocycles. The van der Waals surface area contributed by atoms with Gasteiger partial charge in [-0.05, 0) is 69.1 Å². The summed E-state index contributed by atoms with van der Waals surface area (Å²) in [7, 11) is -0.526. The maximum absolute atomic E-state index is 13.8. The first-order chi connectivity index (χ1) is 14.7. The van der Waals surface area contributed by atoms with Crippen molar-refractivity contribution in [3.63, 3.8) is 0 Å². The highest BCUT2D eigenvalue weighted by Gasteiger charge is 2.33. The van der Waals surface area contributed by atoms with Crippen LogP contribution in [0, 0.1) is 41.5 Å². The Labute approximate surface area is 188 Å². The minimum atomic E-state index is -1.69. The maximum Gasteiger partial charge on any atom is 0.310 e. The van der Waals surface area contributed by atoms with Crippen molar-refractivity contribution in [3.05, 3.63) is 99.1 Å². The van der Waals surface area contributed by atoms with Crippen molar-refractivity contribution in [1.82, 2.24) is 0 Å².